The Kier molecular flexibility index (Phi) is 5.95. The minimum absolute atomic E-state index is 0.0980. The molecule has 3 nitrogen and oxygen atoms in total. The largest absolute Gasteiger partial charge is 0.394 e. The Morgan fingerprint density at radius 2 is 2.00 bits per heavy atom. The quantitative estimate of drug-likeness (QED) is 0.821. The molecule has 0 spiro atoms. The first kappa shape index (κ1) is 16.9. The van der Waals surface area contributed by atoms with Gasteiger partial charge in [0.25, 0.3) is 0 Å². The first-order valence-corrected chi connectivity index (χ1v) is 7.22. The zero-order chi connectivity index (χ0) is 15.3. The number of rotatable bonds is 6. The molecule has 1 aromatic carbocycles. The molecule has 0 radical (unpaired) electrons. The molecule has 0 aromatic heterocycles. The highest BCUT2D eigenvalue weighted by Crippen LogP contribution is 2.22. The van der Waals surface area contributed by atoms with Crippen LogP contribution in [0.25, 0.3) is 0 Å². The van der Waals surface area contributed by atoms with Crippen LogP contribution in [0.2, 0.25) is 0 Å². The molecule has 0 saturated heterocycles. The Morgan fingerprint density at radius 3 is 2.55 bits per heavy atom. The lowest BCUT2D eigenvalue weighted by Gasteiger charge is -2.34. The minimum atomic E-state index is -0.889. The average molecular weight is 303 g/mol. The molecule has 20 heavy (non-hydrogen) atoms. The Balaban J connectivity index is 2.48. The van der Waals surface area contributed by atoms with E-state index in [1.807, 2.05) is 0 Å². The molecule has 1 aromatic rings. The normalized spacial score (nSPS) is 11.5. The summed E-state index contributed by atoms with van der Waals surface area (Å²) in [4.78, 5) is 14.0. The van der Waals surface area contributed by atoms with Crippen LogP contribution in [0.4, 0.5) is 8.78 Å². The number of halogens is 2. The number of hydrogen-bond acceptors (Lipinski definition) is 3. The van der Waals surface area contributed by atoms with E-state index < -0.39 is 17.2 Å². The van der Waals surface area contributed by atoms with Crippen molar-refractivity contribution in [1.29, 1.82) is 0 Å². The molecule has 1 N–H and O–H groups in total. The van der Waals surface area contributed by atoms with E-state index in [0.29, 0.717) is 10.6 Å². The minimum Gasteiger partial charge on any atom is -0.394 e. The van der Waals surface area contributed by atoms with Crippen LogP contribution in [0.1, 0.15) is 20.3 Å². The molecule has 0 heterocycles. The number of carbonyl (C=O) groups is 1. The predicted molar refractivity (Wildman–Crippen MR) is 75.6 cm³/mol. The molecule has 0 unspecified atom stereocenters. The molecule has 0 aliphatic carbocycles. The lowest BCUT2D eigenvalue weighted by Crippen LogP contribution is -2.47. The third-order valence-electron chi connectivity index (χ3n) is 3.14. The van der Waals surface area contributed by atoms with Gasteiger partial charge in [-0.3, -0.25) is 4.79 Å². The highest BCUT2D eigenvalue weighted by molar-refractivity contribution is 7.99. The van der Waals surface area contributed by atoms with E-state index >= 15 is 0 Å². The summed E-state index contributed by atoms with van der Waals surface area (Å²) in [6.07, 6.45) is 0.267. The van der Waals surface area contributed by atoms with Gasteiger partial charge in [-0.05, 0) is 32.0 Å². The van der Waals surface area contributed by atoms with E-state index in [1.165, 1.54) is 22.7 Å². The number of likely N-dealkylation sites (N-methyl/N-ethyl adjacent to an activating group) is 1. The van der Waals surface area contributed by atoms with Gasteiger partial charge in [-0.1, -0.05) is 0 Å². The van der Waals surface area contributed by atoms with Crippen molar-refractivity contribution in [3.63, 3.8) is 0 Å². The number of hydrogen-bond donors (Lipinski definition) is 1. The molecule has 0 fully saturated rings. The molecule has 112 valence electrons. The van der Waals surface area contributed by atoms with Gasteiger partial charge >= 0.3 is 0 Å². The maximum atomic E-state index is 13.0. The van der Waals surface area contributed by atoms with E-state index in [9.17, 15) is 18.7 Å². The number of benzene rings is 1. The maximum Gasteiger partial charge on any atom is 0.223 e. The third-order valence-corrected chi connectivity index (χ3v) is 4.14. The Labute approximate surface area is 122 Å². The first-order valence-electron chi connectivity index (χ1n) is 6.23. The second-order valence-electron chi connectivity index (χ2n) is 5.10. The zero-order valence-corrected chi connectivity index (χ0v) is 12.6. The summed E-state index contributed by atoms with van der Waals surface area (Å²) in [6, 6.07) is 3.67. The van der Waals surface area contributed by atoms with Gasteiger partial charge in [0.05, 0.1) is 12.1 Å². The summed E-state index contributed by atoms with van der Waals surface area (Å²) in [5.41, 5.74) is -0.607. The van der Waals surface area contributed by atoms with Crippen molar-refractivity contribution >= 4 is 17.7 Å². The van der Waals surface area contributed by atoms with Crippen LogP contribution in [0.5, 0.6) is 0 Å². The highest BCUT2D eigenvalue weighted by Gasteiger charge is 2.26. The fourth-order valence-electron chi connectivity index (χ4n) is 1.43. The molecular weight excluding hydrogens is 284 g/mol. The van der Waals surface area contributed by atoms with Gasteiger partial charge in [0, 0.05) is 24.1 Å². The van der Waals surface area contributed by atoms with Crippen LogP contribution in [0.15, 0.2) is 23.1 Å². The van der Waals surface area contributed by atoms with Gasteiger partial charge in [-0.2, -0.15) is 0 Å². The van der Waals surface area contributed by atoms with Gasteiger partial charge in [-0.25, -0.2) is 8.78 Å². The van der Waals surface area contributed by atoms with Crippen LogP contribution in [0, 0.1) is 11.6 Å². The summed E-state index contributed by atoms with van der Waals surface area (Å²) < 4.78 is 25.8. The average Bonchev–Trinajstić information content (AvgIpc) is 2.41. The Hall–Kier alpha value is -1.14. The Bertz CT molecular complexity index is 480. The van der Waals surface area contributed by atoms with Gasteiger partial charge < -0.3 is 10.0 Å². The van der Waals surface area contributed by atoms with Crippen LogP contribution in [-0.2, 0) is 4.79 Å². The fraction of sp³-hybridized carbons (Fsp3) is 0.500. The van der Waals surface area contributed by atoms with E-state index in [-0.39, 0.29) is 18.9 Å². The van der Waals surface area contributed by atoms with Gasteiger partial charge in [0.2, 0.25) is 5.91 Å². The van der Waals surface area contributed by atoms with Gasteiger partial charge in [0.15, 0.2) is 11.6 Å². The lowest BCUT2D eigenvalue weighted by molar-refractivity contribution is -0.135. The van der Waals surface area contributed by atoms with Gasteiger partial charge in [0.1, 0.15) is 0 Å². The highest BCUT2D eigenvalue weighted by atomic mass is 32.2. The van der Waals surface area contributed by atoms with E-state index in [0.717, 1.165) is 12.1 Å². The van der Waals surface area contributed by atoms with E-state index in [1.54, 1.807) is 20.9 Å². The summed E-state index contributed by atoms with van der Waals surface area (Å²) in [5, 5.41) is 9.20. The van der Waals surface area contributed by atoms with Crippen LogP contribution in [0.3, 0.4) is 0 Å². The smallest absolute Gasteiger partial charge is 0.223 e. The molecule has 0 aliphatic rings. The monoisotopic (exact) mass is 303 g/mol. The van der Waals surface area contributed by atoms with Crippen molar-refractivity contribution in [2.75, 3.05) is 19.4 Å². The topological polar surface area (TPSA) is 40.5 Å². The van der Waals surface area contributed by atoms with Crippen molar-refractivity contribution in [2.24, 2.45) is 0 Å². The lowest BCUT2D eigenvalue weighted by atomic mass is 10.1. The maximum absolute atomic E-state index is 13.0. The number of nitrogens with zero attached hydrogens (tertiary/aromatic N) is 1. The molecule has 0 bridgehead atoms. The number of aliphatic hydroxyl groups is 1. The first-order chi connectivity index (χ1) is 9.27. The Morgan fingerprint density at radius 1 is 1.35 bits per heavy atom. The predicted octanol–water partition coefficient (Wildman–Crippen LogP) is 2.68. The van der Waals surface area contributed by atoms with Crippen molar-refractivity contribution in [3.05, 3.63) is 29.8 Å². The second kappa shape index (κ2) is 7.04. The SMILES string of the molecule is CN(C(=O)CCSc1ccc(F)c(F)c1)C(C)(C)CO. The number of amides is 1. The molecular formula is C14H19F2NO2S. The second-order valence-corrected chi connectivity index (χ2v) is 6.27. The molecule has 0 saturated carbocycles. The standard InChI is InChI=1S/C14H19F2NO2S/c1-14(2,9-18)17(3)13(19)6-7-20-10-4-5-11(15)12(16)8-10/h4-5,8,18H,6-7,9H2,1-3H3. The van der Waals surface area contributed by atoms with E-state index in [2.05, 4.69) is 0 Å². The molecule has 1 amide bonds. The fourth-order valence-corrected chi connectivity index (χ4v) is 2.30. The van der Waals surface area contributed by atoms with Crippen molar-refractivity contribution < 1.29 is 18.7 Å². The van der Waals surface area contributed by atoms with E-state index in [4.69, 9.17) is 0 Å². The number of carbonyl (C=O) groups excluding carboxylic acids is 1. The molecule has 0 aliphatic heterocycles. The van der Waals surface area contributed by atoms with Gasteiger partial charge in [-0.15, -0.1) is 11.8 Å². The van der Waals surface area contributed by atoms with Crippen LogP contribution in [-0.4, -0.2) is 40.9 Å². The zero-order valence-electron chi connectivity index (χ0n) is 11.8. The third kappa shape index (κ3) is 4.45. The summed E-state index contributed by atoms with van der Waals surface area (Å²) in [6.45, 7) is 3.42. The molecule has 6 heteroatoms. The number of aliphatic hydroxyl groups excluding tert-OH is 1. The molecule has 0 atom stereocenters. The number of thioether (sulfide) groups is 1. The summed E-state index contributed by atoms with van der Waals surface area (Å²) >= 11 is 1.29. The van der Waals surface area contributed by atoms with Crippen LogP contribution < -0.4 is 0 Å². The summed E-state index contributed by atoms with van der Waals surface area (Å²) in [5.74, 6) is -1.40. The summed E-state index contributed by atoms with van der Waals surface area (Å²) in [7, 11) is 1.64. The van der Waals surface area contributed by atoms with Crippen molar-refractivity contribution in [3.8, 4) is 0 Å². The van der Waals surface area contributed by atoms with Crippen molar-refractivity contribution in [1.82, 2.24) is 4.90 Å². The van der Waals surface area contributed by atoms with Crippen LogP contribution >= 0.6 is 11.8 Å². The van der Waals surface area contributed by atoms with Crippen molar-refractivity contribution in [2.45, 2.75) is 30.7 Å². The molecule has 1 rings (SSSR count).